The fourth-order valence-corrected chi connectivity index (χ4v) is 2.97. The molecule has 1 aromatic carbocycles. The van der Waals surface area contributed by atoms with Crippen LogP contribution in [0.5, 0.6) is 0 Å². The molecular weight excluding hydrogens is 316 g/mol. The lowest BCUT2D eigenvalue weighted by molar-refractivity contribution is -0.119. The van der Waals surface area contributed by atoms with Crippen LogP contribution in [0.25, 0.3) is 0 Å². The summed E-state index contributed by atoms with van der Waals surface area (Å²) in [7, 11) is -1.99. The Bertz CT molecular complexity index is 563. The Morgan fingerprint density at radius 3 is 2.67 bits per heavy atom. The highest BCUT2D eigenvalue weighted by molar-refractivity contribution is 7.92. The van der Waals surface area contributed by atoms with Gasteiger partial charge in [-0.2, -0.15) is 0 Å². The number of carbonyl (C=O) groups excluding carboxylic acids is 1. The SMILES string of the molecule is COCC(=O)Nc1cccc(NS(=O)(=O)CCCCCl)c1. The van der Waals surface area contributed by atoms with E-state index in [1.807, 2.05) is 0 Å². The minimum absolute atomic E-state index is 0.0139. The molecule has 0 spiro atoms. The van der Waals surface area contributed by atoms with Crippen molar-refractivity contribution in [1.82, 2.24) is 0 Å². The van der Waals surface area contributed by atoms with Crippen molar-refractivity contribution in [3.63, 3.8) is 0 Å². The number of unbranched alkanes of at least 4 members (excludes halogenated alkanes) is 1. The smallest absolute Gasteiger partial charge is 0.250 e. The van der Waals surface area contributed by atoms with Crippen molar-refractivity contribution in [2.45, 2.75) is 12.8 Å². The molecule has 0 bridgehead atoms. The van der Waals surface area contributed by atoms with Crippen LogP contribution >= 0.6 is 11.6 Å². The van der Waals surface area contributed by atoms with Gasteiger partial charge in [0, 0.05) is 18.7 Å². The normalized spacial score (nSPS) is 11.1. The fourth-order valence-electron chi connectivity index (χ4n) is 1.61. The number of nitrogens with one attached hydrogen (secondary N) is 2. The predicted octanol–water partition coefficient (Wildman–Crippen LogP) is 2.03. The number of benzene rings is 1. The van der Waals surface area contributed by atoms with Crippen LogP contribution in [0, 0.1) is 0 Å². The van der Waals surface area contributed by atoms with Crippen molar-refractivity contribution >= 4 is 38.9 Å². The van der Waals surface area contributed by atoms with Crippen LogP contribution in [0.2, 0.25) is 0 Å². The van der Waals surface area contributed by atoms with E-state index < -0.39 is 10.0 Å². The van der Waals surface area contributed by atoms with Gasteiger partial charge in [-0.3, -0.25) is 9.52 Å². The van der Waals surface area contributed by atoms with Gasteiger partial charge in [-0.15, -0.1) is 11.6 Å². The Labute approximate surface area is 129 Å². The Balaban J connectivity index is 2.65. The predicted molar refractivity (Wildman–Crippen MR) is 84.3 cm³/mol. The summed E-state index contributed by atoms with van der Waals surface area (Å²) in [4.78, 5) is 11.4. The molecule has 0 saturated heterocycles. The van der Waals surface area contributed by atoms with Crippen molar-refractivity contribution in [2.75, 3.05) is 35.4 Å². The third-order valence-corrected chi connectivity index (χ3v) is 4.13. The van der Waals surface area contributed by atoms with Crippen LogP contribution in [0.1, 0.15) is 12.8 Å². The highest BCUT2D eigenvalue weighted by Crippen LogP contribution is 2.16. The summed E-state index contributed by atoms with van der Waals surface area (Å²) in [5.41, 5.74) is 0.897. The van der Waals surface area contributed by atoms with Crippen molar-refractivity contribution < 1.29 is 17.9 Å². The molecule has 0 aliphatic carbocycles. The van der Waals surface area contributed by atoms with Gasteiger partial charge in [0.2, 0.25) is 15.9 Å². The average molecular weight is 335 g/mol. The third kappa shape index (κ3) is 7.31. The minimum atomic E-state index is -3.41. The van der Waals surface area contributed by atoms with Crippen molar-refractivity contribution in [1.29, 1.82) is 0 Å². The first kappa shape index (κ1) is 17.7. The number of anilines is 2. The van der Waals surface area contributed by atoms with Gasteiger partial charge < -0.3 is 10.1 Å². The first-order valence-corrected chi connectivity index (χ1v) is 8.61. The molecule has 0 aromatic heterocycles. The second-order valence-electron chi connectivity index (χ2n) is 4.38. The van der Waals surface area contributed by atoms with Crippen LogP contribution in [0.3, 0.4) is 0 Å². The van der Waals surface area contributed by atoms with E-state index in [0.29, 0.717) is 30.1 Å². The monoisotopic (exact) mass is 334 g/mol. The van der Waals surface area contributed by atoms with E-state index in [9.17, 15) is 13.2 Å². The maximum Gasteiger partial charge on any atom is 0.250 e. The van der Waals surface area contributed by atoms with Gasteiger partial charge in [-0.1, -0.05) is 6.07 Å². The van der Waals surface area contributed by atoms with E-state index in [0.717, 1.165) is 0 Å². The molecule has 0 atom stereocenters. The van der Waals surface area contributed by atoms with Gasteiger partial charge in [-0.05, 0) is 31.0 Å². The zero-order chi connectivity index (χ0) is 15.7. The zero-order valence-corrected chi connectivity index (χ0v) is 13.3. The van der Waals surface area contributed by atoms with E-state index in [-0.39, 0.29) is 18.3 Å². The molecule has 0 aliphatic heterocycles. The molecule has 0 heterocycles. The highest BCUT2D eigenvalue weighted by Gasteiger charge is 2.10. The number of alkyl halides is 1. The first-order valence-electron chi connectivity index (χ1n) is 6.42. The van der Waals surface area contributed by atoms with Gasteiger partial charge in [0.25, 0.3) is 0 Å². The second-order valence-corrected chi connectivity index (χ2v) is 6.60. The Morgan fingerprint density at radius 1 is 1.29 bits per heavy atom. The van der Waals surface area contributed by atoms with Crippen LogP contribution in [0.15, 0.2) is 24.3 Å². The summed E-state index contributed by atoms with van der Waals surface area (Å²) in [5, 5.41) is 2.61. The van der Waals surface area contributed by atoms with Gasteiger partial charge in [0.1, 0.15) is 6.61 Å². The average Bonchev–Trinajstić information content (AvgIpc) is 2.38. The van der Waals surface area contributed by atoms with Crippen LogP contribution < -0.4 is 10.0 Å². The molecule has 1 aromatic rings. The summed E-state index contributed by atoms with van der Waals surface area (Å²) in [6.45, 7) is -0.0611. The van der Waals surface area contributed by atoms with Crippen molar-refractivity contribution in [2.24, 2.45) is 0 Å². The lowest BCUT2D eigenvalue weighted by Gasteiger charge is -2.10. The Kier molecular flexibility index (Phi) is 7.49. The molecule has 21 heavy (non-hydrogen) atoms. The molecular formula is C13H19ClN2O4S. The summed E-state index contributed by atoms with van der Waals surface area (Å²) < 4.78 is 30.9. The molecule has 0 aliphatic rings. The van der Waals surface area contributed by atoms with Gasteiger partial charge in [-0.25, -0.2) is 8.42 Å². The number of hydrogen-bond donors (Lipinski definition) is 2. The minimum Gasteiger partial charge on any atom is -0.375 e. The molecule has 1 rings (SSSR count). The summed E-state index contributed by atoms with van der Waals surface area (Å²) in [6, 6.07) is 6.48. The van der Waals surface area contributed by atoms with Gasteiger partial charge in [0.05, 0.1) is 11.4 Å². The van der Waals surface area contributed by atoms with E-state index in [4.69, 9.17) is 16.3 Å². The molecule has 2 N–H and O–H groups in total. The third-order valence-electron chi connectivity index (χ3n) is 2.49. The number of carbonyl (C=O) groups is 1. The van der Waals surface area contributed by atoms with E-state index in [1.165, 1.54) is 7.11 Å². The van der Waals surface area contributed by atoms with Crippen molar-refractivity contribution in [3.8, 4) is 0 Å². The Hall–Kier alpha value is -1.31. The van der Waals surface area contributed by atoms with E-state index >= 15 is 0 Å². The standard InChI is InChI=1S/C13H19ClN2O4S/c1-20-10-13(17)15-11-5-4-6-12(9-11)16-21(18,19)8-3-2-7-14/h4-6,9,16H,2-3,7-8,10H2,1H3,(H,15,17). The topological polar surface area (TPSA) is 84.5 Å². The Morgan fingerprint density at radius 2 is 2.00 bits per heavy atom. The highest BCUT2D eigenvalue weighted by atomic mass is 35.5. The molecule has 0 fully saturated rings. The van der Waals surface area contributed by atoms with Crippen LogP contribution in [-0.4, -0.2) is 39.7 Å². The number of amides is 1. The number of sulfonamides is 1. The lowest BCUT2D eigenvalue weighted by atomic mass is 10.3. The summed E-state index contributed by atoms with van der Waals surface area (Å²) in [5.74, 6) is 0.149. The molecule has 8 heteroatoms. The molecule has 1 amide bonds. The maximum atomic E-state index is 11.8. The lowest BCUT2D eigenvalue weighted by Crippen LogP contribution is -2.18. The number of halogens is 1. The molecule has 118 valence electrons. The zero-order valence-electron chi connectivity index (χ0n) is 11.8. The number of methoxy groups -OCH3 is 1. The number of ether oxygens (including phenoxy) is 1. The second kappa shape index (κ2) is 8.86. The van der Waals surface area contributed by atoms with Gasteiger partial charge >= 0.3 is 0 Å². The molecule has 0 radical (unpaired) electrons. The van der Waals surface area contributed by atoms with Crippen LogP contribution in [-0.2, 0) is 19.6 Å². The van der Waals surface area contributed by atoms with E-state index in [1.54, 1.807) is 24.3 Å². The number of rotatable bonds is 9. The fraction of sp³-hybridized carbons (Fsp3) is 0.462. The molecule has 0 saturated carbocycles. The van der Waals surface area contributed by atoms with E-state index in [2.05, 4.69) is 10.0 Å². The van der Waals surface area contributed by atoms with Crippen molar-refractivity contribution in [3.05, 3.63) is 24.3 Å². The van der Waals surface area contributed by atoms with Gasteiger partial charge in [0.15, 0.2) is 0 Å². The maximum absolute atomic E-state index is 11.8. The quantitative estimate of drug-likeness (QED) is 0.534. The van der Waals surface area contributed by atoms with Crippen LogP contribution in [0.4, 0.5) is 11.4 Å². The summed E-state index contributed by atoms with van der Waals surface area (Å²) in [6.07, 6.45) is 1.15. The largest absolute Gasteiger partial charge is 0.375 e. The first-order chi connectivity index (χ1) is 9.96. The molecule has 0 unspecified atom stereocenters. The number of hydrogen-bond acceptors (Lipinski definition) is 4. The molecule has 6 nitrogen and oxygen atoms in total. The summed E-state index contributed by atoms with van der Waals surface area (Å²) >= 11 is 5.52.